The van der Waals surface area contributed by atoms with E-state index in [0.29, 0.717) is 5.56 Å². The molecule has 2 atom stereocenters. The molecule has 0 aromatic heterocycles. The number of benzene rings is 3. The van der Waals surface area contributed by atoms with Gasteiger partial charge in [0, 0.05) is 0 Å². The van der Waals surface area contributed by atoms with Crippen molar-refractivity contribution in [2.75, 3.05) is 0 Å². The van der Waals surface area contributed by atoms with Crippen molar-refractivity contribution in [1.82, 2.24) is 5.32 Å². The van der Waals surface area contributed by atoms with Crippen molar-refractivity contribution in [3.8, 4) is 0 Å². The summed E-state index contributed by atoms with van der Waals surface area (Å²) in [6.07, 6.45) is 2.11. The first-order valence-corrected chi connectivity index (χ1v) is 9.70. The van der Waals surface area contributed by atoms with Crippen molar-refractivity contribution in [3.05, 3.63) is 83.4 Å². The molecule has 1 aliphatic rings. The second-order valence-corrected chi connectivity index (χ2v) is 7.26. The van der Waals surface area contributed by atoms with Crippen LogP contribution in [0.1, 0.15) is 47.3 Å². The van der Waals surface area contributed by atoms with E-state index in [1.807, 2.05) is 42.5 Å². The third-order valence-corrected chi connectivity index (χ3v) is 5.32. The van der Waals surface area contributed by atoms with E-state index in [9.17, 15) is 9.59 Å². The fraction of sp³-hybridized carbons (Fsp3) is 0.250. The standard InChI is InChI=1S/C24H23NO3/c1-16(23(26)25-22-12-6-10-18-8-4-5-11-21(18)22)28-24(27)20-14-13-17-7-2-3-9-19(17)15-20/h2-5,7-9,11,13-16,22H,6,10,12H2,1H3,(H,25,26)/t16-,22+/m0/s1. The highest BCUT2D eigenvalue weighted by Gasteiger charge is 2.25. The minimum absolute atomic E-state index is 0.0285. The predicted octanol–water partition coefficient (Wildman–Crippen LogP) is 4.58. The smallest absolute Gasteiger partial charge is 0.338 e. The average Bonchev–Trinajstić information content (AvgIpc) is 2.73. The molecule has 142 valence electrons. The number of ether oxygens (including phenoxy) is 1. The fourth-order valence-corrected chi connectivity index (χ4v) is 3.79. The molecule has 4 nitrogen and oxygen atoms in total. The molecule has 3 aromatic carbocycles. The quantitative estimate of drug-likeness (QED) is 0.681. The predicted molar refractivity (Wildman–Crippen MR) is 109 cm³/mol. The summed E-state index contributed by atoms with van der Waals surface area (Å²) < 4.78 is 5.43. The van der Waals surface area contributed by atoms with Gasteiger partial charge in [0.15, 0.2) is 6.10 Å². The molecule has 28 heavy (non-hydrogen) atoms. The number of esters is 1. The second-order valence-electron chi connectivity index (χ2n) is 7.26. The summed E-state index contributed by atoms with van der Waals surface area (Å²) in [4.78, 5) is 25.1. The topological polar surface area (TPSA) is 55.4 Å². The van der Waals surface area contributed by atoms with Crippen LogP contribution in [0.15, 0.2) is 66.7 Å². The van der Waals surface area contributed by atoms with Crippen LogP contribution < -0.4 is 5.32 Å². The normalized spacial score (nSPS) is 16.8. The molecule has 0 bridgehead atoms. The van der Waals surface area contributed by atoms with E-state index in [1.165, 1.54) is 5.56 Å². The van der Waals surface area contributed by atoms with Gasteiger partial charge in [0.25, 0.3) is 5.91 Å². The number of carbonyl (C=O) groups is 2. The zero-order valence-electron chi connectivity index (χ0n) is 15.9. The molecule has 1 amide bonds. The molecule has 0 aliphatic heterocycles. The van der Waals surface area contributed by atoms with E-state index in [4.69, 9.17) is 4.74 Å². The van der Waals surface area contributed by atoms with E-state index >= 15 is 0 Å². The van der Waals surface area contributed by atoms with Crippen LogP contribution in [-0.2, 0) is 16.0 Å². The zero-order chi connectivity index (χ0) is 19.5. The Morgan fingerprint density at radius 2 is 1.75 bits per heavy atom. The minimum atomic E-state index is -0.854. The molecule has 0 spiro atoms. The lowest BCUT2D eigenvalue weighted by molar-refractivity contribution is -0.130. The maximum absolute atomic E-state index is 12.6. The van der Waals surface area contributed by atoms with E-state index in [0.717, 1.165) is 35.6 Å². The molecular weight excluding hydrogens is 350 g/mol. The lowest BCUT2D eigenvalue weighted by atomic mass is 9.87. The summed E-state index contributed by atoms with van der Waals surface area (Å²) >= 11 is 0. The minimum Gasteiger partial charge on any atom is -0.449 e. The highest BCUT2D eigenvalue weighted by molar-refractivity contribution is 5.96. The van der Waals surface area contributed by atoms with E-state index in [1.54, 1.807) is 19.1 Å². The highest BCUT2D eigenvalue weighted by Crippen LogP contribution is 2.29. The highest BCUT2D eigenvalue weighted by atomic mass is 16.5. The number of carbonyl (C=O) groups excluding carboxylic acids is 2. The van der Waals surface area contributed by atoms with Gasteiger partial charge >= 0.3 is 5.97 Å². The van der Waals surface area contributed by atoms with Gasteiger partial charge in [-0.05, 0) is 60.2 Å². The number of hydrogen-bond donors (Lipinski definition) is 1. The molecule has 0 heterocycles. The molecule has 0 unspecified atom stereocenters. The van der Waals surface area contributed by atoms with E-state index < -0.39 is 12.1 Å². The van der Waals surface area contributed by atoms with Crippen LogP contribution >= 0.6 is 0 Å². The lowest BCUT2D eigenvalue weighted by Gasteiger charge is -2.27. The number of amides is 1. The van der Waals surface area contributed by atoms with Gasteiger partial charge in [0.2, 0.25) is 0 Å². The van der Waals surface area contributed by atoms with Crippen molar-refractivity contribution in [1.29, 1.82) is 0 Å². The summed E-state index contributed by atoms with van der Waals surface area (Å²) in [6.45, 7) is 1.61. The Kier molecular flexibility index (Phi) is 5.11. The van der Waals surface area contributed by atoms with Crippen molar-refractivity contribution in [2.24, 2.45) is 0 Å². The Hall–Kier alpha value is -3.14. The summed E-state index contributed by atoms with van der Waals surface area (Å²) in [7, 11) is 0. The molecule has 0 saturated carbocycles. The van der Waals surface area contributed by atoms with Crippen LogP contribution in [0.3, 0.4) is 0 Å². The van der Waals surface area contributed by atoms with Crippen LogP contribution in [0, 0.1) is 0 Å². The van der Waals surface area contributed by atoms with Gasteiger partial charge in [-0.15, -0.1) is 0 Å². The summed E-state index contributed by atoms with van der Waals surface area (Å²) in [5.41, 5.74) is 2.89. The summed E-state index contributed by atoms with van der Waals surface area (Å²) in [6, 6.07) is 21.4. The summed E-state index contributed by atoms with van der Waals surface area (Å²) in [5.74, 6) is -0.756. The average molecular weight is 373 g/mol. The molecule has 1 aliphatic carbocycles. The summed E-state index contributed by atoms with van der Waals surface area (Å²) in [5, 5.41) is 5.07. The molecule has 4 rings (SSSR count). The molecular formula is C24H23NO3. The Bertz CT molecular complexity index is 1030. The van der Waals surface area contributed by atoms with E-state index in [-0.39, 0.29) is 11.9 Å². The Labute approximate surface area is 164 Å². The molecule has 0 saturated heterocycles. The van der Waals surface area contributed by atoms with Gasteiger partial charge in [-0.2, -0.15) is 0 Å². The van der Waals surface area contributed by atoms with Gasteiger partial charge in [0.05, 0.1) is 11.6 Å². The SMILES string of the molecule is C[C@H](OC(=O)c1ccc2ccccc2c1)C(=O)N[C@@H]1CCCc2ccccc21. The van der Waals surface area contributed by atoms with E-state index in [2.05, 4.69) is 17.4 Å². The molecule has 0 radical (unpaired) electrons. The lowest BCUT2D eigenvalue weighted by Crippen LogP contribution is -2.39. The first-order chi connectivity index (χ1) is 13.6. The van der Waals surface area contributed by atoms with Gasteiger partial charge in [-0.1, -0.05) is 54.6 Å². The Morgan fingerprint density at radius 3 is 2.61 bits per heavy atom. The largest absolute Gasteiger partial charge is 0.449 e. The third kappa shape index (κ3) is 3.77. The maximum atomic E-state index is 12.6. The zero-order valence-corrected chi connectivity index (χ0v) is 15.9. The van der Waals surface area contributed by atoms with Crippen LogP contribution in [0.4, 0.5) is 0 Å². The van der Waals surface area contributed by atoms with Gasteiger partial charge < -0.3 is 10.1 Å². The van der Waals surface area contributed by atoms with Crippen LogP contribution in [-0.4, -0.2) is 18.0 Å². The number of aryl methyl sites for hydroxylation is 1. The van der Waals surface area contributed by atoms with Gasteiger partial charge in [-0.25, -0.2) is 4.79 Å². The first-order valence-electron chi connectivity index (χ1n) is 9.70. The van der Waals surface area contributed by atoms with Crippen LogP contribution in [0.25, 0.3) is 10.8 Å². The number of rotatable bonds is 4. The Balaban J connectivity index is 1.42. The van der Waals surface area contributed by atoms with Crippen molar-refractivity contribution < 1.29 is 14.3 Å². The van der Waals surface area contributed by atoms with Crippen molar-refractivity contribution in [2.45, 2.75) is 38.3 Å². The van der Waals surface area contributed by atoms with Crippen molar-refractivity contribution in [3.63, 3.8) is 0 Å². The first kappa shape index (κ1) is 18.2. The van der Waals surface area contributed by atoms with Crippen LogP contribution in [0.5, 0.6) is 0 Å². The number of fused-ring (bicyclic) bond motifs is 2. The molecule has 0 fully saturated rings. The fourth-order valence-electron chi connectivity index (χ4n) is 3.79. The monoisotopic (exact) mass is 373 g/mol. The number of nitrogens with one attached hydrogen (secondary N) is 1. The second kappa shape index (κ2) is 7.85. The molecule has 4 heteroatoms. The Morgan fingerprint density at radius 1 is 1.00 bits per heavy atom. The molecule has 3 aromatic rings. The van der Waals surface area contributed by atoms with Gasteiger partial charge in [-0.3, -0.25) is 4.79 Å². The molecule has 1 N–H and O–H groups in total. The van der Waals surface area contributed by atoms with Gasteiger partial charge in [0.1, 0.15) is 0 Å². The third-order valence-electron chi connectivity index (χ3n) is 5.32. The van der Waals surface area contributed by atoms with Crippen molar-refractivity contribution >= 4 is 22.6 Å². The van der Waals surface area contributed by atoms with Crippen LogP contribution in [0.2, 0.25) is 0 Å². The number of hydrogen-bond acceptors (Lipinski definition) is 3. The maximum Gasteiger partial charge on any atom is 0.338 e.